The Morgan fingerprint density at radius 1 is 0.635 bits per heavy atom. The molecule has 3 N–H and O–H groups in total. The number of esters is 1. The van der Waals surface area contributed by atoms with Gasteiger partial charge in [0.25, 0.3) is 0 Å². The molecule has 0 amide bonds. The molecule has 2 fully saturated rings. The summed E-state index contributed by atoms with van der Waals surface area (Å²) >= 11 is 0. The van der Waals surface area contributed by atoms with E-state index in [2.05, 4.69) is 25.7 Å². The fraction of sp³-hybridized carbons (Fsp3) is 0.953. The zero-order valence-corrected chi connectivity index (χ0v) is 34.0. The summed E-state index contributed by atoms with van der Waals surface area (Å²) in [5.41, 5.74) is 0. The Morgan fingerprint density at radius 2 is 1.10 bits per heavy atom. The van der Waals surface area contributed by atoms with Crippen LogP contribution in [0.1, 0.15) is 188 Å². The average Bonchev–Trinajstić information content (AvgIpc) is 3.83. The van der Waals surface area contributed by atoms with Crippen LogP contribution in [-0.2, 0) is 23.8 Å². The number of likely N-dealkylation sites (N-methyl/N-ethyl adjacent to an activating group) is 1. The Bertz CT molecular complexity index is 900. The summed E-state index contributed by atoms with van der Waals surface area (Å²) in [5.74, 6) is -0.476. The number of ether oxygens (including phenoxy) is 3. The second-order valence-electron chi connectivity index (χ2n) is 16.1. The second kappa shape index (κ2) is 29.2. The zero-order valence-electron chi connectivity index (χ0n) is 34.0. The maximum Gasteiger partial charge on any atom is 0.309 e. The van der Waals surface area contributed by atoms with E-state index in [1.54, 1.807) is 6.92 Å². The number of hydrogen-bond donors (Lipinski definition) is 3. The van der Waals surface area contributed by atoms with Crippen molar-refractivity contribution in [1.29, 1.82) is 0 Å². The van der Waals surface area contributed by atoms with Gasteiger partial charge in [0.05, 0.1) is 48.6 Å². The highest BCUT2D eigenvalue weighted by Crippen LogP contribution is 2.34. The van der Waals surface area contributed by atoms with Gasteiger partial charge in [-0.3, -0.25) is 4.79 Å². The van der Waals surface area contributed by atoms with Crippen LogP contribution in [0.4, 0.5) is 0 Å². The van der Waals surface area contributed by atoms with Gasteiger partial charge in [-0.2, -0.15) is 0 Å². The molecule has 2 rings (SSSR count). The number of hydrogen-bond acceptors (Lipinski definition) is 9. The zero-order chi connectivity index (χ0) is 38.0. The smallest absolute Gasteiger partial charge is 0.309 e. The van der Waals surface area contributed by atoms with Crippen LogP contribution >= 0.6 is 0 Å². The lowest BCUT2D eigenvalue weighted by Gasteiger charge is -2.24. The Morgan fingerprint density at radius 3 is 1.62 bits per heavy atom. The molecule has 2 saturated heterocycles. The summed E-state index contributed by atoms with van der Waals surface area (Å²) in [5, 5.41) is 31.8. The van der Waals surface area contributed by atoms with Gasteiger partial charge in [0, 0.05) is 13.0 Å². The van der Waals surface area contributed by atoms with Crippen LogP contribution in [0.3, 0.4) is 0 Å². The molecule has 2 aliphatic heterocycles. The molecule has 306 valence electrons. The van der Waals surface area contributed by atoms with E-state index < -0.39 is 12.2 Å². The molecule has 0 aromatic rings. The van der Waals surface area contributed by atoms with Crippen LogP contribution < -0.4 is 0 Å². The fourth-order valence-electron chi connectivity index (χ4n) is 8.12. The maximum absolute atomic E-state index is 12.6. The van der Waals surface area contributed by atoms with Gasteiger partial charge in [-0.25, -0.2) is 0 Å². The van der Waals surface area contributed by atoms with Crippen molar-refractivity contribution in [3.05, 3.63) is 0 Å². The van der Waals surface area contributed by atoms with Crippen LogP contribution in [0, 0.1) is 5.92 Å². The van der Waals surface area contributed by atoms with Crippen molar-refractivity contribution in [2.24, 2.45) is 5.92 Å². The molecule has 0 radical (unpaired) electrons. The molecule has 9 heteroatoms. The van der Waals surface area contributed by atoms with Crippen molar-refractivity contribution in [1.82, 2.24) is 4.90 Å². The number of unbranched alkanes of at least 4 members (excludes halogenated alkanes) is 12. The van der Waals surface area contributed by atoms with Crippen molar-refractivity contribution in [2.75, 3.05) is 26.2 Å². The van der Waals surface area contributed by atoms with E-state index in [0.29, 0.717) is 13.0 Å². The number of aliphatic hydroxyl groups is 3. The predicted octanol–water partition coefficient (Wildman–Crippen LogP) is 8.47. The molecule has 0 aromatic heterocycles. The second-order valence-corrected chi connectivity index (χ2v) is 16.1. The first-order chi connectivity index (χ1) is 25.2. The lowest BCUT2D eigenvalue weighted by atomic mass is 9.95. The largest absolute Gasteiger partial charge is 0.464 e. The van der Waals surface area contributed by atoms with Crippen LogP contribution in [-0.4, -0.2) is 101 Å². The predicted molar refractivity (Wildman–Crippen MR) is 209 cm³/mol. The topological polar surface area (TPSA) is 126 Å². The van der Waals surface area contributed by atoms with Crippen LogP contribution in [0.15, 0.2) is 0 Å². The van der Waals surface area contributed by atoms with Gasteiger partial charge >= 0.3 is 5.97 Å². The standard InChI is InChI=1S/C43H81NO8/c1-5-8-9-19-23-36(46)24-21-26-38(48)40-28-30-42(52-40)41-29-27-39(51-41)37(47)25-20-17-15-13-11-10-12-14-16-18-22-35(33-34(4)45)43(49)50-32-31-44(6-2)7-3/h35-42,46-48H,5-33H2,1-4H3/t35?,36-,37+,38-,39+,40+,41+,42+/m0/s1. The van der Waals surface area contributed by atoms with Crippen LogP contribution in [0.2, 0.25) is 0 Å². The van der Waals surface area contributed by atoms with E-state index in [-0.39, 0.29) is 54.6 Å². The number of carbonyl (C=O) groups is 2. The molecular formula is C43H81NO8. The third-order valence-corrected chi connectivity index (χ3v) is 11.6. The first-order valence-corrected chi connectivity index (χ1v) is 21.9. The van der Waals surface area contributed by atoms with Gasteiger partial charge in [-0.15, -0.1) is 0 Å². The molecule has 0 aliphatic carbocycles. The highest BCUT2D eigenvalue weighted by atomic mass is 16.6. The molecule has 2 aliphatic rings. The first kappa shape index (κ1) is 47.1. The van der Waals surface area contributed by atoms with Crippen LogP contribution in [0.5, 0.6) is 0 Å². The molecule has 52 heavy (non-hydrogen) atoms. The third-order valence-electron chi connectivity index (χ3n) is 11.6. The van der Waals surface area contributed by atoms with Gasteiger partial charge in [0.15, 0.2) is 0 Å². The van der Waals surface area contributed by atoms with Crippen molar-refractivity contribution in [3.63, 3.8) is 0 Å². The van der Waals surface area contributed by atoms with Crippen molar-refractivity contribution < 1.29 is 39.1 Å². The summed E-state index contributed by atoms with van der Waals surface area (Å²) < 4.78 is 18.1. The number of ketones is 1. The molecule has 8 atom stereocenters. The van der Waals surface area contributed by atoms with E-state index in [4.69, 9.17) is 14.2 Å². The Labute approximate surface area is 318 Å². The minimum atomic E-state index is -0.492. The van der Waals surface area contributed by atoms with Crippen LogP contribution in [0.25, 0.3) is 0 Å². The Hall–Kier alpha value is -1.10. The number of aliphatic hydroxyl groups excluding tert-OH is 3. The minimum Gasteiger partial charge on any atom is -0.464 e. The molecule has 1 unspecified atom stereocenters. The summed E-state index contributed by atoms with van der Waals surface area (Å²) in [6.45, 7) is 11.0. The van der Waals surface area contributed by atoms with E-state index in [1.807, 2.05) is 0 Å². The highest BCUT2D eigenvalue weighted by molar-refractivity contribution is 5.82. The highest BCUT2D eigenvalue weighted by Gasteiger charge is 2.40. The molecule has 9 nitrogen and oxygen atoms in total. The van der Waals surface area contributed by atoms with Gasteiger partial charge in [0.2, 0.25) is 0 Å². The molecule has 2 heterocycles. The van der Waals surface area contributed by atoms with E-state index >= 15 is 0 Å². The summed E-state index contributed by atoms with van der Waals surface area (Å²) in [4.78, 5) is 26.5. The van der Waals surface area contributed by atoms with Gasteiger partial charge in [0.1, 0.15) is 12.4 Å². The average molecular weight is 740 g/mol. The minimum absolute atomic E-state index is 0.000995. The molecule has 0 spiro atoms. The SMILES string of the molecule is CCCCCC[C@H](O)CCC[C@H](O)[C@H]1CC[C@H]([C@H]2CC[C@H]([C@H](O)CCCCCCCCCCCCC(CC(C)=O)C(=O)OCCN(CC)CC)O2)O1. The molecule has 0 saturated carbocycles. The Balaban J connectivity index is 1.46. The van der Waals surface area contributed by atoms with E-state index in [9.17, 15) is 24.9 Å². The third kappa shape index (κ3) is 20.5. The fourth-order valence-corrected chi connectivity index (χ4v) is 8.12. The van der Waals surface area contributed by atoms with Crippen molar-refractivity contribution >= 4 is 11.8 Å². The molecule has 0 aromatic carbocycles. The van der Waals surface area contributed by atoms with E-state index in [0.717, 1.165) is 116 Å². The van der Waals surface area contributed by atoms with E-state index in [1.165, 1.54) is 51.4 Å². The van der Waals surface area contributed by atoms with Gasteiger partial charge < -0.3 is 39.2 Å². The quantitative estimate of drug-likeness (QED) is 0.0449. The monoisotopic (exact) mass is 740 g/mol. The summed E-state index contributed by atoms with van der Waals surface area (Å²) in [7, 11) is 0. The summed E-state index contributed by atoms with van der Waals surface area (Å²) in [6.07, 6.45) is 23.1. The molecule has 0 bridgehead atoms. The lowest BCUT2D eigenvalue weighted by molar-refractivity contribution is -0.150. The first-order valence-electron chi connectivity index (χ1n) is 21.9. The van der Waals surface area contributed by atoms with Gasteiger partial charge in [-0.1, -0.05) is 111 Å². The van der Waals surface area contributed by atoms with Crippen molar-refractivity contribution in [3.8, 4) is 0 Å². The van der Waals surface area contributed by atoms with Crippen molar-refractivity contribution in [2.45, 2.75) is 231 Å². The summed E-state index contributed by atoms with van der Waals surface area (Å²) in [6, 6.07) is 0. The lowest BCUT2D eigenvalue weighted by Crippen LogP contribution is -2.33. The number of carbonyl (C=O) groups excluding carboxylic acids is 2. The number of Topliss-reactive ketones (excluding diaryl/α,β-unsaturated/α-hetero) is 1. The van der Waals surface area contributed by atoms with Gasteiger partial charge in [-0.05, 0) is 84.2 Å². The number of nitrogens with zero attached hydrogens (tertiary/aromatic N) is 1. The molecular weight excluding hydrogens is 658 g/mol. The Kier molecular flexibility index (Phi) is 26.4. The normalized spacial score (nSPS) is 22.8. The maximum atomic E-state index is 12.6. The number of rotatable bonds is 33.